The molecule has 0 saturated carbocycles. The van der Waals surface area contributed by atoms with Gasteiger partial charge in [0.25, 0.3) is 5.91 Å². The van der Waals surface area contributed by atoms with Crippen molar-refractivity contribution >= 4 is 23.2 Å². The zero-order valence-corrected chi connectivity index (χ0v) is 14.3. The van der Waals surface area contributed by atoms with E-state index in [1.54, 1.807) is 24.3 Å². The summed E-state index contributed by atoms with van der Waals surface area (Å²) in [6.07, 6.45) is 5.68. The molecule has 1 aromatic carbocycles. The molecule has 132 valence electrons. The smallest absolute Gasteiger partial charge is 0.251 e. The zero-order chi connectivity index (χ0) is 18.5. The number of nitrogens with one attached hydrogen (secondary N) is 2. The molecule has 2 aromatic rings. The number of anilines is 1. The Morgan fingerprint density at radius 3 is 2.88 bits per heavy atom. The van der Waals surface area contributed by atoms with Gasteiger partial charge in [-0.05, 0) is 24.6 Å². The molecule has 0 aliphatic heterocycles. The van der Waals surface area contributed by atoms with Crippen LogP contribution in [0.15, 0.2) is 48.6 Å². The molecule has 0 atom stereocenters. The Morgan fingerprint density at radius 1 is 1.23 bits per heavy atom. The van der Waals surface area contributed by atoms with Crippen molar-refractivity contribution in [1.29, 1.82) is 0 Å². The summed E-state index contributed by atoms with van der Waals surface area (Å²) in [5.74, 6) is -0.906. The number of aromatic nitrogens is 2. The van der Waals surface area contributed by atoms with Gasteiger partial charge in [0.1, 0.15) is 12.0 Å². The number of carbonyl (C=O) groups is 3. The van der Waals surface area contributed by atoms with E-state index in [1.165, 1.54) is 18.6 Å². The van der Waals surface area contributed by atoms with E-state index in [4.69, 9.17) is 0 Å². The van der Waals surface area contributed by atoms with E-state index >= 15 is 0 Å². The molecule has 2 N–H and O–H groups in total. The van der Waals surface area contributed by atoms with E-state index in [2.05, 4.69) is 27.5 Å². The fourth-order valence-corrected chi connectivity index (χ4v) is 2.57. The van der Waals surface area contributed by atoms with E-state index in [1.807, 2.05) is 0 Å². The molecule has 1 aliphatic rings. The quantitative estimate of drug-likeness (QED) is 0.776. The van der Waals surface area contributed by atoms with Gasteiger partial charge in [-0.2, -0.15) is 0 Å². The molecule has 1 aliphatic carbocycles. The number of fused-ring (bicyclic) bond motifs is 1. The number of nitrogens with zero attached hydrogens (tertiary/aromatic N) is 2. The molecule has 1 heterocycles. The first kappa shape index (κ1) is 17.5. The van der Waals surface area contributed by atoms with Crippen LogP contribution < -0.4 is 10.6 Å². The number of hydrogen-bond acceptors (Lipinski definition) is 6. The van der Waals surface area contributed by atoms with Crippen molar-refractivity contribution in [1.82, 2.24) is 15.3 Å². The first-order valence-electron chi connectivity index (χ1n) is 8.36. The number of hydrogen-bond donors (Lipinski definition) is 2. The molecule has 0 saturated heterocycles. The number of amides is 1. The lowest BCUT2D eigenvalue weighted by Gasteiger charge is -2.15. The van der Waals surface area contributed by atoms with Gasteiger partial charge in [-0.3, -0.25) is 14.4 Å². The van der Waals surface area contributed by atoms with Crippen LogP contribution in [0.5, 0.6) is 0 Å². The van der Waals surface area contributed by atoms with Gasteiger partial charge in [0.05, 0.1) is 11.3 Å². The van der Waals surface area contributed by atoms with Crippen LogP contribution in [0.4, 0.5) is 5.69 Å². The molecule has 0 spiro atoms. The van der Waals surface area contributed by atoms with Crippen LogP contribution in [0.25, 0.3) is 0 Å². The number of rotatable bonds is 6. The average Bonchev–Trinajstić information content (AvgIpc) is 2.66. The minimum atomic E-state index is -0.363. The summed E-state index contributed by atoms with van der Waals surface area (Å²) >= 11 is 0. The van der Waals surface area contributed by atoms with E-state index in [9.17, 15) is 14.4 Å². The van der Waals surface area contributed by atoms with Gasteiger partial charge in [-0.25, -0.2) is 9.97 Å². The monoisotopic (exact) mass is 350 g/mol. The maximum absolute atomic E-state index is 12.5. The predicted molar refractivity (Wildman–Crippen MR) is 96.1 cm³/mol. The fourth-order valence-electron chi connectivity index (χ4n) is 2.57. The van der Waals surface area contributed by atoms with Crippen molar-refractivity contribution in [2.24, 2.45) is 0 Å². The number of carbonyl (C=O) groups excluding carboxylic acids is 3. The maximum atomic E-state index is 12.5. The summed E-state index contributed by atoms with van der Waals surface area (Å²) < 4.78 is 0. The van der Waals surface area contributed by atoms with Gasteiger partial charge in [0, 0.05) is 30.1 Å². The van der Waals surface area contributed by atoms with Crippen molar-refractivity contribution in [2.45, 2.75) is 19.8 Å². The Morgan fingerprint density at radius 2 is 2.08 bits per heavy atom. The first-order valence-corrected chi connectivity index (χ1v) is 8.36. The molecule has 26 heavy (non-hydrogen) atoms. The van der Waals surface area contributed by atoms with Gasteiger partial charge in [-0.1, -0.05) is 19.4 Å². The minimum absolute atomic E-state index is 0.0969. The molecule has 0 bridgehead atoms. The zero-order valence-electron chi connectivity index (χ0n) is 14.3. The van der Waals surface area contributed by atoms with Gasteiger partial charge >= 0.3 is 0 Å². The highest BCUT2D eigenvalue weighted by Crippen LogP contribution is 2.21. The lowest BCUT2D eigenvalue weighted by Crippen LogP contribution is -2.25. The number of unbranched alkanes of at least 4 members (excludes halogenated alkanes) is 1. The highest BCUT2D eigenvalue weighted by Gasteiger charge is 2.27. The third-order valence-corrected chi connectivity index (χ3v) is 3.93. The summed E-state index contributed by atoms with van der Waals surface area (Å²) in [5, 5.41) is 5.76. The first-order chi connectivity index (χ1) is 12.6. The SMILES string of the molecule is CCCCNC(=O)c1cccc(NC2=CC(=O)c3ncncc3C2=O)c1. The Hall–Kier alpha value is -3.35. The normalized spacial score (nSPS) is 13.0. The van der Waals surface area contributed by atoms with Crippen LogP contribution in [0.2, 0.25) is 0 Å². The molecule has 1 amide bonds. The van der Waals surface area contributed by atoms with Gasteiger partial charge in [0.15, 0.2) is 0 Å². The van der Waals surface area contributed by atoms with Crippen LogP contribution in [-0.4, -0.2) is 34.0 Å². The molecule has 0 radical (unpaired) electrons. The van der Waals surface area contributed by atoms with Crippen LogP contribution in [0, 0.1) is 0 Å². The summed E-state index contributed by atoms with van der Waals surface area (Å²) in [6, 6.07) is 6.76. The van der Waals surface area contributed by atoms with Crippen molar-refractivity contribution in [3.63, 3.8) is 0 Å². The second-order valence-electron chi connectivity index (χ2n) is 5.85. The number of ketones is 2. The minimum Gasteiger partial charge on any atom is -0.352 e. The topological polar surface area (TPSA) is 101 Å². The van der Waals surface area contributed by atoms with Crippen LogP contribution in [-0.2, 0) is 0 Å². The Bertz CT molecular complexity index is 905. The standard InChI is InChI=1S/C19H18N4O3/c1-2-3-7-21-19(26)12-5-4-6-13(8-12)23-15-9-16(24)17-14(18(15)25)10-20-11-22-17/h4-6,8-11,23H,2-3,7H2,1H3,(H,21,26). The molecule has 0 fully saturated rings. The van der Waals surface area contributed by atoms with Crippen molar-refractivity contribution in [3.05, 3.63) is 65.4 Å². The third kappa shape index (κ3) is 3.66. The van der Waals surface area contributed by atoms with Crippen molar-refractivity contribution in [2.75, 3.05) is 11.9 Å². The Labute approximate surface area is 150 Å². The molecule has 1 aromatic heterocycles. The van der Waals surface area contributed by atoms with E-state index < -0.39 is 0 Å². The van der Waals surface area contributed by atoms with Crippen LogP contribution in [0.1, 0.15) is 51.0 Å². The highest BCUT2D eigenvalue weighted by atomic mass is 16.2. The molecule has 7 nitrogen and oxygen atoms in total. The lowest BCUT2D eigenvalue weighted by molar-refractivity contribution is 0.0952. The largest absolute Gasteiger partial charge is 0.352 e. The molecule has 3 rings (SSSR count). The second-order valence-corrected chi connectivity index (χ2v) is 5.85. The van der Waals surface area contributed by atoms with Gasteiger partial charge in [0.2, 0.25) is 11.6 Å². The van der Waals surface area contributed by atoms with E-state index in [0.29, 0.717) is 17.8 Å². The van der Waals surface area contributed by atoms with Gasteiger partial charge < -0.3 is 10.6 Å². The van der Waals surface area contributed by atoms with E-state index in [-0.39, 0.29) is 34.4 Å². The summed E-state index contributed by atoms with van der Waals surface area (Å²) in [4.78, 5) is 44.5. The van der Waals surface area contributed by atoms with Crippen molar-refractivity contribution < 1.29 is 14.4 Å². The van der Waals surface area contributed by atoms with Crippen molar-refractivity contribution in [3.8, 4) is 0 Å². The maximum Gasteiger partial charge on any atom is 0.251 e. The van der Waals surface area contributed by atoms with Crippen LogP contribution in [0.3, 0.4) is 0 Å². The van der Waals surface area contributed by atoms with E-state index in [0.717, 1.165) is 12.8 Å². The van der Waals surface area contributed by atoms with Gasteiger partial charge in [-0.15, -0.1) is 0 Å². The highest BCUT2D eigenvalue weighted by molar-refractivity contribution is 6.24. The Kier molecular flexibility index (Phi) is 5.17. The third-order valence-electron chi connectivity index (χ3n) is 3.93. The molecular formula is C19H18N4O3. The lowest BCUT2D eigenvalue weighted by atomic mass is 9.98. The molecule has 0 unspecified atom stereocenters. The number of Topliss-reactive ketones (excluding diaryl/α,β-unsaturated/α-hetero) is 1. The summed E-state index contributed by atoms with van der Waals surface area (Å²) in [6.45, 7) is 2.66. The van der Waals surface area contributed by atoms with Crippen LogP contribution >= 0.6 is 0 Å². The molecule has 7 heteroatoms. The average molecular weight is 350 g/mol. The number of allylic oxidation sites excluding steroid dienone is 2. The summed E-state index contributed by atoms with van der Waals surface area (Å²) in [7, 11) is 0. The Balaban J connectivity index is 1.78. The second kappa shape index (κ2) is 7.69. The number of benzene rings is 1. The summed E-state index contributed by atoms with van der Waals surface area (Å²) in [5.41, 5.74) is 1.40. The fraction of sp³-hybridized carbons (Fsp3) is 0.211. The predicted octanol–water partition coefficient (Wildman–Crippen LogP) is 2.38. The molecular weight excluding hydrogens is 332 g/mol.